The zero-order valence-corrected chi connectivity index (χ0v) is 11.1. The predicted octanol–water partition coefficient (Wildman–Crippen LogP) is 3.76. The van der Waals surface area contributed by atoms with Gasteiger partial charge in [-0.25, -0.2) is 4.39 Å². The van der Waals surface area contributed by atoms with Crippen LogP contribution in [0.2, 0.25) is 0 Å². The van der Waals surface area contributed by atoms with E-state index in [1.807, 2.05) is 18.2 Å². The lowest BCUT2D eigenvalue weighted by molar-refractivity contribution is 0.628. The van der Waals surface area contributed by atoms with Gasteiger partial charge in [-0.3, -0.25) is 0 Å². The molecule has 0 radical (unpaired) electrons. The van der Waals surface area contributed by atoms with Crippen LogP contribution in [0.1, 0.15) is 6.92 Å². The van der Waals surface area contributed by atoms with Gasteiger partial charge in [0.15, 0.2) is 0 Å². The lowest BCUT2D eigenvalue weighted by Crippen LogP contribution is -2.28. The van der Waals surface area contributed by atoms with Crippen molar-refractivity contribution in [3.8, 4) is 0 Å². The van der Waals surface area contributed by atoms with E-state index in [4.69, 9.17) is 0 Å². The molecule has 0 spiro atoms. The number of nitrogens with one attached hydrogen (secondary N) is 1. The molecular weight excluding hydrogens is 239 g/mol. The first-order valence-corrected chi connectivity index (χ1v) is 6.59. The lowest BCUT2D eigenvalue weighted by atomic mass is 10.3. The van der Waals surface area contributed by atoms with E-state index in [0.717, 1.165) is 25.3 Å². The van der Waals surface area contributed by atoms with Crippen molar-refractivity contribution < 1.29 is 4.39 Å². The second-order valence-corrected chi connectivity index (χ2v) is 4.35. The van der Waals surface area contributed by atoms with Gasteiger partial charge in [0.05, 0.1) is 0 Å². The van der Waals surface area contributed by atoms with Crippen molar-refractivity contribution in [3.05, 3.63) is 60.4 Å². The average Bonchev–Trinajstić information content (AvgIpc) is 2.46. The summed E-state index contributed by atoms with van der Waals surface area (Å²) in [4.78, 5) is 2.30. The van der Waals surface area contributed by atoms with Crippen molar-refractivity contribution in [2.24, 2.45) is 0 Å². The molecule has 1 N–H and O–H groups in total. The van der Waals surface area contributed by atoms with Gasteiger partial charge in [0.25, 0.3) is 0 Å². The molecule has 0 unspecified atom stereocenters. The number of para-hydroxylation sites is 1. The van der Waals surface area contributed by atoms with Crippen molar-refractivity contribution in [2.75, 3.05) is 29.9 Å². The first-order chi connectivity index (χ1) is 9.29. The number of halogens is 1. The first kappa shape index (κ1) is 13.4. The third-order valence-corrected chi connectivity index (χ3v) is 3.06. The van der Waals surface area contributed by atoms with Crippen LogP contribution < -0.4 is 10.2 Å². The van der Waals surface area contributed by atoms with Crippen LogP contribution >= 0.6 is 0 Å². The van der Waals surface area contributed by atoms with E-state index in [0.29, 0.717) is 0 Å². The van der Waals surface area contributed by atoms with Crippen molar-refractivity contribution in [3.63, 3.8) is 0 Å². The van der Waals surface area contributed by atoms with Gasteiger partial charge >= 0.3 is 0 Å². The van der Waals surface area contributed by atoms with Crippen LogP contribution in [0.4, 0.5) is 15.8 Å². The summed E-state index contributed by atoms with van der Waals surface area (Å²) in [5.74, 6) is -0.204. The van der Waals surface area contributed by atoms with E-state index in [9.17, 15) is 4.39 Å². The number of hydrogen-bond acceptors (Lipinski definition) is 2. The molecule has 0 aromatic heterocycles. The molecule has 2 aromatic rings. The van der Waals surface area contributed by atoms with Crippen molar-refractivity contribution in [1.29, 1.82) is 0 Å². The monoisotopic (exact) mass is 258 g/mol. The van der Waals surface area contributed by atoms with Crippen molar-refractivity contribution in [2.45, 2.75) is 6.92 Å². The highest BCUT2D eigenvalue weighted by molar-refractivity contribution is 5.47. The van der Waals surface area contributed by atoms with Crippen molar-refractivity contribution >= 4 is 11.4 Å². The van der Waals surface area contributed by atoms with E-state index in [1.54, 1.807) is 12.1 Å². The maximum atomic E-state index is 12.8. The molecule has 0 saturated heterocycles. The Labute approximate surface area is 113 Å². The minimum Gasteiger partial charge on any atom is -0.383 e. The third kappa shape index (κ3) is 3.98. The quantitative estimate of drug-likeness (QED) is 0.848. The summed E-state index contributed by atoms with van der Waals surface area (Å²) in [7, 11) is 0. The molecule has 0 heterocycles. The molecule has 3 heteroatoms. The number of benzene rings is 2. The van der Waals surface area contributed by atoms with Gasteiger partial charge < -0.3 is 10.2 Å². The van der Waals surface area contributed by atoms with E-state index < -0.39 is 0 Å². The standard InChI is InChI=1S/C16H19FN2/c1-2-19(16-6-4-3-5-7-16)13-12-18-15-10-8-14(17)9-11-15/h3-11,18H,2,12-13H2,1H3. The molecule has 0 fully saturated rings. The van der Waals surface area contributed by atoms with Crippen molar-refractivity contribution in [1.82, 2.24) is 0 Å². The summed E-state index contributed by atoms with van der Waals surface area (Å²) in [6.45, 7) is 4.85. The molecule has 2 nitrogen and oxygen atoms in total. The van der Waals surface area contributed by atoms with Gasteiger partial charge in [0, 0.05) is 31.0 Å². The molecule has 0 aliphatic carbocycles. The molecule has 0 amide bonds. The molecule has 100 valence electrons. The van der Waals surface area contributed by atoms with Gasteiger partial charge in [-0.1, -0.05) is 18.2 Å². The molecule has 2 aromatic carbocycles. The Morgan fingerprint density at radius 2 is 1.68 bits per heavy atom. The van der Waals surface area contributed by atoms with Crippen LogP contribution in [0.3, 0.4) is 0 Å². The highest BCUT2D eigenvalue weighted by Crippen LogP contribution is 2.13. The van der Waals surface area contributed by atoms with Crippen LogP contribution in [-0.4, -0.2) is 19.6 Å². The molecule has 0 aliphatic rings. The maximum Gasteiger partial charge on any atom is 0.123 e. The molecule has 0 aliphatic heterocycles. The Kier molecular flexibility index (Phi) is 4.78. The van der Waals surface area contributed by atoms with Gasteiger partial charge in [0.1, 0.15) is 5.82 Å². The van der Waals surface area contributed by atoms with Crippen LogP contribution in [0.5, 0.6) is 0 Å². The smallest absolute Gasteiger partial charge is 0.123 e. The van der Waals surface area contributed by atoms with Gasteiger partial charge in [-0.05, 0) is 43.3 Å². The van der Waals surface area contributed by atoms with E-state index >= 15 is 0 Å². The van der Waals surface area contributed by atoms with Gasteiger partial charge in [-0.2, -0.15) is 0 Å². The third-order valence-electron chi connectivity index (χ3n) is 3.06. The highest BCUT2D eigenvalue weighted by atomic mass is 19.1. The number of rotatable bonds is 6. The molecule has 0 saturated carbocycles. The summed E-state index contributed by atoms with van der Waals surface area (Å²) in [5, 5.41) is 3.30. The normalized spacial score (nSPS) is 10.2. The first-order valence-electron chi connectivity index (χ1n) is 6.59. The fourth-order valence-electron chi connectivity index (χ4n) is 2.01. The van der Waals surface area contributed by atoms with E-state index in [-0.39, 0.29) is 5.82 Å². The molecular formula is C16H19FN2. The highest BCUT2D eigenvalue weighted by Gasteiger charge is 2.02. The minimum atomic E-state index is -0.204. The lowest BCUT2D eigenvalue weighted by Gasteiger charge is -2.23. The number of hydrogen-bond donors (Lipinski definition) is 1. The summed E-state index contributed by atoms with van der Waals surface area (Å²) in [6, 6.07) is 16.8. The second kappa shape index (κ2) is 6.78. The largest absolute Gasteiger partial charge is 0.383 e. The van der Waals surface area contributed by atoms with E-state index in [1.165, 1.54) is 17.8 Å². The zero-order valence-electron chi connectivity index (χ0n) is 11.1. The SMILES string of the molecule is CCN(CCNc1ccc(F)cc1)c1ccccc1. The number of nitrogens with zero attached hydrogens (tertiary/aromatic N) is 1. The summed E-state index contributed by atoms with van der Waals surface area (Å²) in [6.07, 6.45) is 0. The van der Waals surface area contributed by atoms with Gasteiger partial charge in [-0.15, -0.1) is 0 Å². The Hall–Kier alpha value is -2.03. The summed E-state index contributed by atoms with van der Waals surface area (Å²) in [5.41, 5.74) is 2.18. The predicted molar refractivity (Wildman–Crippen MR) is 79.2 cm³/mol. The topological polar surface area (TPSA) is 15.3 Å². The molecule has 2 rings (SSSR count). The minimum absolute atomic E-state index is 0.204. The Morgan fingerprint density at radius 1 is 1.00 bits per heavy atom. The Balaban J connectivity index is 1.85. The van der Waals surface area contributed by atoms with E-state index in [2.05, 4.69) is 29.3 Å². The fraction of sp³-hybridized carbons (Fsp3) is 0.250. The molecule has 0 atom stereocenters. The van der Waals surface area contributed by atoms with Crippen LogP contribution in [0.25, 0.3) is 0 Å². The summed E-state index contributed by atoms with van der Waals surface area (Å²) < 4.78 is 12.8. The fourth-order valence-corrected chi connectivity index (χ4v) is 2.01. The number of likely N-dealkylation sites (N-methyl/N-ethyl adjacent to an activating group) is 1. The summed E-state index contributed by atoms with van der Waals surface area (Å²) >= 11 is 0. The van der Waals surface area contributed by atoms with Gasteiger partial charge in [0.2, 0.25) is 0 Å². The Morgan fingerprint density at radius 3 is 2.32 bits per heavy atom. The van der Waals surface area contributed by atoms with Crippen LogP contribution in [-0.2, 0) is 0 Å². The molecule has 0 bridgehead atoms. The average molecular weight is 258 g/mol. The van der Waals surface area contributed by atoms with Crippen LogP contribution in [0, 0.1) is 5.82 Å². The second-order valence-electron chi connectivity index (χ2n) is 4.35. The zero-order chi connectivity index (χ0) is 13.5. The van der Waals surface area contributed by atoms with Crippen LogP contribution in [0.15, 0.2) is 54.6 Å². The maximum absolute atomic E-state index is 12.8. The molecule has 19 heavy (non-hydrogen) atoms. The Bertz CT molecular complexity index is 482. The number of anilines is 2.